The number of hydrogen-bond acceptors (Lipinski definition) is 4. The van der Waals surface area contributed by atoms with E-state index in [0.717, 1.165) is 30.8 Å². The fourth-order valence-corrected chi connectivity index (χ4v) is 3.70. The number of ether oxygens (including phenoxy) is 1. The molecule has 0 aliphatic carbocycles. The first-order valence-electron chi connectivity index (χ1n) is 10.1. The monoisotopic (exact) mass is 442 g/mol. The highest BCUT2D eigenvalue weighted by molar-refractivity contribution is 6.01. The number of anilines is 4. The molecule has 0 saturated heterocycles. The Morgan fingerprint density at radius 1 is 1.06 bits per heavy atom. The second-order valence-corrected chi connectivity index (χ2v) is 7.43. The zero-order chi connectivity index (χ0) is 22.7. The maximum Gasteiger partial charge on any atom is 0.573 e. The fraction of sp³-hybridized carbons (Fsp3) is 0.217. The van der Waals surface area contributed by atoms with Gasteiger partial charge in [-0.25, -0.2) is 9.78 Å². The molecule has 0 saturated carbocycles. The highest BCUT2D eigenvalue weighted by atomic mass is 19.4. The molecule has 9 heteroatoms. The molecule has 2 amide bonds. The highest BCUT2D eigenvalue weighted by Crippen LogP contribution is 2.40. The number of carbonyl (C=O) groups excluding carboxylic acids is 1. The zero-order valence-electron chi connectivity index (χ0n) is 17.2. The number of hydrogen-bond donors (Lipinski definition) is 2. The number of halogens is 3. The number of nitrogens with one attached hydrogen (secondary N) is 2. The van der Waals surface area contributed by atoms with Crippen LogP contribution in [0.1, 0.15) is 24.8 Å². The molecule has 2 N–H and O–H groups in total. The van der Waals surface area contributed by atoms with E-state index < -0.39 is 12.4 Å². The summed E-state index contributed by atoms with van der Waals surface area (Å²) in [5, 5.41) is 5.39. The molecule has 1 aliphatic rings. The summed E-state index contributed by atoms with van der Waals surface area (Å²) in [5.41, 5.74) is 3.11. The van der Waals surface area contributed by atoms with Crippen molar-refractivity contribution in [2.45, 2.75) is 25.6 Å². The minimum atomic E-state index is -4.77. The van der Waals surface area contributed by atoms with Gasteiger partial charge in [-0.1, -0.05) is 25.1 Å². The molecule has 3 aromatic rings. The second-order valence-electron chi connectivity index (χ2n) is 7.43. The van der Waals surface area contributed by atoms with Gasteiger partial charge >= 0.3 is 12.4 Å². The van der Waals surface area contributed by atoms with Gasteiger partial charge < -0.3 is 20.3 Å². The number of rotatable bonds is 4. The van der Waals surface area contributed by atoms with Crippen LogP contribution in [0.15, 0.2) is 66.9 Å². The number of benzene rings is 2. The largest absolute Gasteiger partial charge is 0.573 e. The van der Waals surface area contributed by atoms with Crippen LogP contribution in [0.25, 0.3) is 0 Å². The van der Waals surface area contributed by atoms with Crippen LogP contribution in [0.5, 0.6) is 5.75 Å². The predicted molar refractivity (Wildman–Crippen MR) is 116 cm³/mol. The molecule has 4 rings (SSSR count). The van der Waals surface area contributed by atoms with E-state index in [9.17, 15) is 18.0 Å². The third kappa shape index (κ3) is 4.93. The maximum atomic E-state index is 12.5. The lowest BCUT2D eigenvalue weighted by Crippen LogP contribution is -2.28. The van der Waals surface area contributed by atoms with Crippen molar-refractivity contribution in [2.75, 3.05) is 22.1 Å². The SMILES string of the molecule is CC1CCN(c2ncccc2NC(=O)Nc2ccc(OC(F)(F)F)cc2)c2ccccc21. The summed E-state index contributed by atoms with van der Waals surface area (Å²) in [6.45, 7) is 2.94. The lowest BCUT2D eigenvalue weighted by Gasteiger charge is -2.34. The Hall–Kier alpha value is -3.75. The van der Waals surface area contributed by atoms with Crippen LogP contribution in [0, 0.1) is 0 Å². The molecular weight excluding hydrogens is 421 g/mol. The van der Waals surface area contributed by atoms with Gasteiger partial charge in [0.15, 0.2) is 5.82 Å². The molecule has 0 radical (unpaired) electrons. The number of fused-ring (bicyclic) bond motifs is 1. The summed E-state index contributed by atoms with van der Waals surface area (Å²) < 4.78 is 40.7. The molecule has 2 heterocycles. The second kappa shape index (κ2) is 8.78. The normalized spacial score (nSPS) is 15.6. The van der Waals surface area contributed by atoms with Crippen LogP contribution in [-0.2, 0) is 0 Å². The van der Waals surface area contributed by atoms with E-state index in [1.54, 1.807) is 18.3 Å². The van der Waals surface area contributed by atoms with E-state index >= 15 is 0 Å². The predicted octanol–water partition coefficient (Wildman–Crippen LogP) is 6.27. The van der Waals surface area contributed by atoms with Crippen LogP contribution in [0.3, 0.4) is 0 Å². The Morgan fingerprint density at radius 2 is 1.81 bits per heavy atom. The number of para-hydroxylation sites is 1. The van der Waals surface area contributed by atoms with Gasteiger partial charge in [0.05, 0.1) is 5.69 Å². The molecule has 1 atom stereocenters. The molecule has 6 nitrogen and oxygen atoms in total. The van der Waals surface area contributed by atoms with Crippen LogP contribution >= 0.6 is 0 Å². The average Bonchev–Trinajstić information content (AvgIpc) is 2.75. The maximum absolute atomic E-state index is 12.5. The number of carbonyl (C=O) groups is 1. The Labute approximate surface area is 183 Å². The number of aromatic nitrogens is 1. The molecule has 166 valence electrons. The first-order chi connectivity index (χ1) is 15.3. The molecule has 0 bridgehead atoms. The third-order valence-corrected chi connectivity index (χ3v) is 5.18. The van der Waals surface area contributed by atoms with Crippen molar-refractivity contribution in [1.82, 2.24) is 4.98 Å². The highest BCUT2D eigenvalue weighted by Gasteiger charge is 2.31. The summed E-state index contributed by atoms with van der Waals surface area (Å²) in [6, 6.07) is 16.0. The van der Waals surface area contributed by atoms with Crippen LogP contribution in [-0.4, -0.2) is 23.9 Å². The van der Waals surface area contributed by atoms with Crippen LogP contribution in [0.4, 0.5) is 40.8 Å². The Bertz CT molecular complexity index is 1100. The summed E-state index contributed by atoms with van der Waals surface area (Å²) in [7, 11) is 0. The van der Waals surface area contributed by atoms with E-state index in [2.05, 4.69) is 38.2 Å². The van der Waals surface area contributed by atoms with E-state index in [0.29, 0.717) is 23.1 Å². The third-order valence-electron chi connectivity index (χ3n) is 5.18. The molecule has 1 aliphatic heterocycles. The van der Waals surface area contributed by atoms with Crippen molar-refractivity contribution in [1.29, 1.82) is 0 Å². The van der Waals surface area contributed by atoms with E-state index in [-0.39, 0.29) is 5.75 Å². The van der Waals surface area contributed by atoms with Crippen molar-refractivity contribution >= 4 is 28.9 Å². The van der Waals surface area contributed by atoms with Gasteiger partial charge in [-0.05, 0) is 60.4 Å². The van der Waals surface area contributed by atoms with Crippen molar-refractivity contribution in [2.24, 2.45) is 0 Å². The van der Waals surface area contributed by atoms with Crippen molar-refractivity contribution in [3.8, 4) is 5.75 Å². The van der Waals surface area contributed by atoms with Crippen molar-refractivity contribution in [3.63, 3.8) is 0 Å². The average molecular weight is 442 g/mol. The Kier molecular flexibility index (Phi) is 5.89. The molecule has 32 heavy (non-hydrogen) atoms. The number of nitrogens with zero attached hydrogens (tertiary/aromatic N) is 2. The molecule has 1 aromatic heterocycles. The summed E-state index contributed by atoms with van der Waals surface area (Å²) in [4.78, 5) is 19.1. The molecular formula is C23H21F3N4O2. The quantitative estimate of drug-likeness (QED) is 0.500. The zero-order valence-corrected chi connectivity index (χ0v) is 17.2. The van der Waals surface area contributed by atoms with E-state index in [4.69, 9.17) is 0 Å². The number of urea groups is 1. The Morgan fingerprint density at radius 3 is 2.56 bits per heavy atom. The number of amides is 2. The minimum Gasteiger partial charge on any atom is -0.406 e. The molecule has 1 unspecified atom stereocenters. The molecule has 2 aromatic carbocycles. The topological polar surface area (TPSA) is 66.5 Å². The van der Waals surface area contributed by atoms with Gasteiger partial charge in [-0.15, -0.1) is 13.2 Å². The van der Waals surface area contributed by atoms with Crippen LogP contribution in [0.2, 0.25) is 0 Å². The molecule has 0 spiro atoms. The van der Waals surface area contributed by atoms with Gasteiger partial charge in [-0.2, -0.15) is 0 Å². The number of pyridine rings is 1. The van der Waals surface area contributed by atoms with Crippen LogP contribution < -0.4 is 20.3 Å². The summed E-state index contributed by atoms with van der Waals surface area (Å²) in [5.74, 6) is 0.682. The van der Waals surface area contributed by atoms with E-state index in [1.807, 2.05) is 18.2 Å². The first-order valence-corrected chi connectivity index (χ1v) is 10.1. The standard InChI is InChI=1S/C23H21F3N4O2/c1-15-12-14-30(20-7-3-2-5-18(15)20)21-19(6-4-13-27-21)29-22(31)28-16-8-10-17(11-9-16)32-23(24,25)26/h2-11,13,15H,12,14H2,1H3,(H2,28,29,31). The minimum absolute atomic E-state index is 0.319. The Balaban J connectivity index is 1.49. The molecule has 0 fully saturated rings. The van der Waals surface area contributed by atoms with Gasteiger partial charge in [0.25, 0.3) is 0 Å². The van der Waals surface area contributed by atoms with Crippen molar-refractivity contribution < 1.29 is 22.7 Å². The van der Waals surface area contributed by atoms with Gasteiger partial charge in [-0.3, -0.25) is 0 Å². The van der Waals surface area contributed by atoms with Gasteiger partial charge in [0, 0.05) is 24.1 Å². The lowest BCUT2D eigenvalue weighted by atomic mass is 9.91. The fourth-order valence-electron chi connectivity index (χ4n) is 3.70. The van der Waals surface area contributed by atoms with Gasteiger partial charge in [0.1, 0.15) is 5.75 Å². The summed E-state index contributed by atoms with van der Waals surface area (Å²) >= 11 is 0. The van der Waals surface area contributed by atoms with Gasteiger partial charge in [0.2, 0.25) is 0 Å². The van der Waals surface area contributed by atoms with E-state index in [1.165, 1.54) is 17.7 Å². The van der Waals surface area contributed by atoms with Crippen molar-refractivity contribution in [3.05, 3.63) is 72.4 Å². The number of alkyl halides is 3. The smallest absolute Gasteiger partial charge is 0.406 e. The lowest BCUT2D eigenvalue weighted by molar-refractivity contribution is -0.274. The summed E-state index contributed by atoms with van der Waals surface area (Å²) in [6.07, 6.45) is -2.15. The first kappa shape index (κ1) is 21.5.